The Morgan fingerprint density at radius 1 is 1.05 bits per heavy atom. The smallest absolute Gasteiger partial charge is 0.253 e. The molecule has 0 saturated carbocycles. The third kappa shape index (κ3) is 5.71. The second kappa shape index (κ2) is 11.0. The first-order valence-corrected chi connectivity index (χ1v) is 13.2. The molecule has 8 heteroatoms. The van der Waals surface area contributed by atoms with Crippen LogP contribution in [0.1, 0.15) is 39.6 Å². The largest absolute Gasteiger partial charge is 0.383 e. The van der Waals surface area contributed by atoms with Crippen LogP contribution in [0.5, 0.6) is 0 Å². The Labute approximate surface area is 227 Å². The van der Waals surface area contributed by atoms with Crippen LogP contribution in [-0.4, -0.2) is 59.8 Å². The zero-order chi connectivity index (χ0) is 27.6. The van der Waals surface area contributed by atoms with Gasteiger partial charge in [0.1, 0.15) is 5.82 Å². The molecule has 2 heterocycles. The summed E-state index contributed by atoms with van der Waals surface area (Å²) in [5, 5.41) is 8.59. The van der Waals surface area contributed by atoms with Gasteiger partial charge in [-0.3, -0.25) is 14.3 Å². The lowest BCUT2D eigenvalue weighted by molar-refractivity contribution is 0.0770. The summed E-state index contributed by atoms with van der Waals surface area (Å²) in [4.78, 5) is 27.8. The van der Waals surface area contributed by atoms with Gasteiger partial charge in [0, 0.05) is 61.4 Å². The van der Waals surface area contributed by atoms with Gasteiger partial charge >= 0.3 is 0 Å². The maximum Gasteiger partial charge on any atom is 0.253 e. The molecule has 4 aromatic rings. The van der Waals surface area contributed by atoms with E-state index in [-0.39, 0.29) is 23.0 Å². The Balaban J connectivity index is 1.25. The lowest BCUT2D eigenvalue weighted by Crippen LogP contribution is -2.33. The highest BCUT2D eigenvalue weighted by molar-refractivity contribution is 6.00. The van der Waals surface area contributed by atoms with Crippen molar-refractivity contribution in [2.75, 3.05) is 33.4 Å². The molecule has 5 rings (SSSR count). The summed E-state index contributed by atoms with van der Waals surface area (Å²) >= 11 is 0. The van der Waals surface area contributed by atoms with Crippen LogP contribution in [0.3, 0.4) is 0 Å². The number of fused-ring (bicyclic) bond motifs is 1. The molecular weight excluding hydrogens is 495 g/mol. The molecule has 0 unspecified atom stereocenters. The van der Waals surface area contributed by atoms with Crippen molar-refractivity contribution in [3.63, 3.8) is 0 Å². The number of likely N-dealkylation sites (tertiary alicyclic amines) is 1. The van der Waals surface area contributed by atoms with Crippen LogP contribution in [0.2, 0.25) is 0 Å². The molecule has 3 aromatic carbocycles. The van der Waals surface area contributed by atoms with Gasteiger partial charge in [0.25, 0.3) is 11.8 Å². The van der Waals surface area contributed by atoms with Gasteiger partial charge in [-0.15, -0.1) is 0 Å². The van der Waals surface area contributed by atoms with E-state index >= 15 is 0 Å². The maximum absolute atomic E-state index is 13.3. The predicted octanol–water partition coefficient (Wildman–Crippen LogP) is 5.08. The van der Waals surface area contributed by atoms with Gasteiger partial charge in [-0.2, -0.15) is 5.10 Å². The van der Waals surface area contributed by atoms with Crippen molar-refractivity contribution in [3.8, 4) is 11.1 Å². The van der Waals surface area contributed by atoms with Gasteiger partial charge in [-0.05, 0) is 66.4 Å². The molecular formula is C31H33FN4O3. The molecule has 0 spiro atoms. The molecule has 0 bridgehead atoms. The van der Waals surface area contributed by atoms with Crippen LogP contribution in [0.25, 0.3) is 22.0 Å². The Morgan fingerprint density at radius 3 is 2.44 bits per heavy atom. The number of hydrogen-bond donors (Lipinski definition) is 1. The quantitative estimate of drug-likeness (QED) is 0.324. The first-order chi connectivity index (χ1) is 18.8. The number of hydrogen-bond acceptors (Lipinski definition) is 4. The van der Waals surface area contributed by atoms with E-state index in [2.05, 4.69) is 12.2 Å². The highest BCUT2D eigenvalue weighted by Gasteiger charge is 2.37. The molecule has 1 atom stereocenters. The highest BCUT2D eigenvalue weighted by Crippen LogP contribution is 2.33. The van der Waals surface area contributed by atoms with Gasteiger partial charge in [0.15, 0.2) is 0 Å². The third-order valence-electron chi connectivity index (χ3n) is 7.54. The van der Waals surface area contributed by atoms with E-state index in [1.165, 1.54) is 12.1 Å². The van der Waals surface area contributed by atoms with Gasteiger partial charge in [-0.1, -0.05) is 31.2 Å². The Hall–Kier alpha value is -4.04. The Bertz CT molecular complexity index is 1500. The van der Waals surface area contributed by atoms with Crippen molar-refractivity contribution in [3.05, 3.63) is 89.4 Å². The van der Waals surface area contributed by atoms with Crippen LogP contribution >= 0.6 is 0 Å². The van der Waals surface area contributed by atoms with E-state index in [1.54, 1.807) is 19.2 Å². The van der Waals surface area contributed by atoms with Crippen molar-refractivity contribution in [2.45, 2.75) is 26.8 Å². The SMILES string of the molecule is COCCNC(=O)c1ccc2nn(C[C@]3(C)CCN(C(=O)c4ccc(-c5ccc(F)cc5)cc4)C3)cc2c1C. The summed E-state index contributed by atoms with van der Waals surface area (Å²) in [6.07, 6.45) is 2.87. The van der Waals surface area contributed by atoms with Gasteiger partial charge in [-0.25, -0.2) is 4.39 Å². The molecule has 7 nitrogen and oxygen atoms in total. The Morgan fingerprint density at radius 2 is 1.74 bits per heavy atom. The predicted molar refractivity (Wildman–Crippen MR) is 149 cm³/mol. The van der Waals surface area contributed by atoms with E-state index in [1.807, 2.05) is 59.1 Å². The molecule has 202 valence electrons. The number of nitrogens with one attached hydrogen (secondary N) is 1. The number of methoxy groups -OCH3 is 1. The van der Waals surface area contributed by atoms with Crippen LogP contribution in [0.4, 0.5) is 4.39 Å². The zero-order valence-electron chi connectivity index (χ0n) is 22.5. The minimum Gasteiger partial charge on any atom is -0.383 e. The molecule has 2 amide bonds. The molecule has 0 radical (unpaired) electrons. The number of halogens is 1. The lowest BCUT2D eigenvalue weighted by atomic mass is 9.90. The number of amides is 2. The van der Waals surface area contributed by atoms with E-state index in [0.717, 1.165) is 34.0 Å². The van der Waals surface area contributed by atoms with Crippen LogP contribution in [-0.2, 0) is 11.3 Å². The molecule has 1 aromatic heterocycles. The molecule has 39 heavy (non-hydrogen) atoms. The summed E-state index contributed by atoms with van der Waals surface area (Å²) < 4.78 is 20.2. The molecule has 0 aliphatic carbocycles. The van der Waals surface area contributed by atoms with Crippen LogP contribution < -0.4 is 5.32 Å². The average Bonchev–Trinajstić information content (AvgIpc) is 3.52. The molecule has 1 saturated heterocycles. The van der Waals surface area contributed by atoms with E-state index in [9.17, 15) is 14.0 Å². The topological polar surface area (TPSA) is 76.5 Å². The summed E-state index contributed by atoms with van der Waals surface area (Å²) in [7, 11) is 1.60. The van der Waals surface area contributed by atoms with Crippen LogP contribution in [0, 0.1) is 18.2 Å². The number of rotatable bonds is 8. The number of carbonyl (C=O) groups is 2. The lowest BCUT2D eigenvalue weighted by Gasteiger charge is -2.24. The average molecular weight is 529 g/mol. The van der Waals surface area contributed by atoms with Crippen molar-refractivity contribution in [1.29, 1.82) is 0 Å². The van der Waals surface area contributed by atoms with Gasteiger partial charge in [0.05, 0.1) is 12.1 Å². The van der Waals surface area contributed by atoms with Crippen molar-refractivity contribution in [1.82, 2.24) is 20.0 Å². The third-order valence-corrected chi connectivity index (χ3v) is 7.54. The number of aryl methyl sites for hydroxylation is 1. The normalized spacial score (nSPS) is 17.1. The van der Waals surface area contributed by atoms with Crippen molar-refractivity contribution in [2.24, 2.45) is 5.41 Å². The minimum atomic E-state index is -0.271. The second-order valence-corrected chi connectivity index (χ2v) is 10.6. The minimum absolute atomic E-state index is 0.00924. The first kappa shape index (κ1) is 26.6. The second-order valence-electron chi connectivity index (χ2n) is 10.6. The van der Waals surface area contributed by atoms with Crippen molar-refractivity contribution >= 4 is 22.7 Å². The Kier molecular flexibility index (Phi) is 7.48. The molecule has 1 fully saturated rings. The van der Waals surface area contributed by atoms with E-state index in [0.29, 0.717) is 43.9 Å². The van der Waals surface area contributed by atoms with E-state index in [4.69, 9.17) is 9.84 Å². The first-order valence-electron chi connectivity index (χ1n) is 13.2. The molecule has 1 aliphatic heterocycles. The number of aromatic nitrogens is 2. The number of ether oxygens (including phenoxy) is 1. The summed E-state index contributed by atoms with van der Waals surface area (Å²) in [6.45, 7) is 7.03. The van der Waals surface area contributed by atoms with Crippen LogP contribution in [0.15, 0.2) is 66.9 Å². The van der Waals surface area contributed by atoms with Gasteiger partial charge < -0.3 is 15.0 Å². The van der Waals surface area contributed by atoms with Crippen molar-refractivity contribution < 1.29 is 18.7 Å². The number of benzene rings is 3. The molecule has 1 N–H and O–H groups in total. The fraction of sp³-hybridized carbons (Fsp3) is 0.323. The fourth-order valence-electron chi connectivity index (χ4n) is 5.32. The number of carbonyl (C=O) groups excluding carboxylic acids is 2. The number of nitrogens with zero attached hydrogens (tertiary/aromatic N) is 3. The monoisotopic (exact) mass is 528 g/mol. The summed E-state index contributed by atoms with van der Waals surface area (Å²) in [5.41, 5.74) is 4.73. The summed E-state index contributed by atoms with van der Waals surface area (Å²) in [5.74, 6) is -0.386. The van der Waals surface area contributed by atoms with Gasteiger partial charge in [0.2, 0.25) is 0 Å². The zero-order valence-corrected chi connectivity index (χ0v) is 22.5. The standard InChI is InChI=1S/C31H33FN4O3/c1-21-26(29(37)33-15-17-39-3)12-13-28-27(21)18-36(34-28)20-31(2)14-16-35(19-31)30(38)24-6-4-22(5-7-24)23-8-10-25(32)11-9-23/h4-13,18H,14-17,19-20H2,1-3H3,(H,33,37)/t31-/m1/s1. The molecule has 1 aliphatic rings. The van der Waals surface area contributed by atoms with E-state index < -0.39 is 0 Å². The maximum atomic E-state index is 13.3. The fourth-order valence-corrected chi connectivity index (χ4v) is 5.32. The highest BCUT2D eigenvalue weighted by atomic mass is 19.1. The summed E-state index contributed by atoms with van der Waals surface area (Å²) in [6, 6.07) is 17.5.